The molecule has 108 valence electrons. The molecule has 0 saturated carbocycles. The minimum atomic E-state index is -3.81. The second-order valence-corrected chi connectivity index (χ2v) is 5.45. The van der Waals surface area contributed by atoms with E-state index in [9.17, 15) is 13.2 Å². The van der Waals surface area contributed by atoms with Crippen molar-refractivity contribution in [3.05, 3.63) is 24.0 Å². The molecule has 7 nitrogen and oxygen atoms in total. The fourth-order valence-corrected chi connectivity index (χ4v) is 2.16. The van der Waals surface area contributed by atoms with Crippen molar-refractivity contribution < 1.29 is 18.3 Å². The summed E-state index contributed by atoms with van der Waals surface area (Å²) in [4.78, 5) is 14.8. The molecule has 0 saturated heterocycles. The standard InChI is InChI=1S/C12H15N3O4S/c1-13-12(17)9-15-20(18,19)11-6-10(7-14-8-11)4-2-3-5-16/h6-8,15-16H,3,5,9H2,1H3,(H,13,17). The number of sulfonamides is 1. The number of carbonyl (C=O) groups excluding carboxylic acids is 1. The van der Waals surface area contributed by atoms with Gasteiger partial charge in [-0.25, -0.2) is 13.1 Å². The lowest BCUT2D eigenvalue weighted by Crippen LogP contribution is -2.35. The van der Waals surface area contributed by atoms with Crippen LogP contribution in [0.4, 0.5) is 0 Å². The van der Waals surface area contributed by atoms with Gasteiger partial charge in [0.1, 0.15) is 4.90 Å². The van der Waals surface area contributed by atoms with E-state index in [1.54, 1.807) is 0 Å². The summed E-state index contributed by atoms with van der Waals surface area (Å²) in [5.41, 5.74) is 0.418. The molecule has 0 bridgehead atoms. The number of pyridine rings is 1. The summed E-state index contributed by atoms with van der Waals surface area (Å²) in [6, 6.07) is 1.35. The Hall–Kier alpha value is -1.95. The van der Waals surface area contributed by atoms with Crippen LogP contribution in [0.2, 0.25) is 0 Å². The molecule has 8 heteroatoms. The zero-order valence-electron chi connectivity index (χ0n) is 10.9. The SMILES string of the molecule is CNC(=O)CNS(=O)(=O)c1cncc(C#CCCO)c1. The summed E-state index contributed by atoms with van der Waals surface area (Å²) in [7, 11) is -2.40. The molecule has 0 unspecified atom stereocenters. The summed E-state index contributed by atoms with van der Waals surface area (Å²) in [6.45, 7) is -0.411. The van der Waals surface area contributed by atoms with Crippen LogP contribution < -0.4 is 10.0 Å². The summed E-state index contributed by atoms with van der Waals surface area (Å²) in [6.07, 6.45) is 2.89. The fourth-order valence-electron chi connectivity index (χ4n) is 1.19. The van der Waals surface area contributed by atoms with Crippen molar-refractivity contribution in [1.82, 2.24) is 15.0 Å². The van der Waals surface area contributed by atoms with Gasteiger partial charge in [-0.3, -0.25) is 9.78 Å². The van der Waals surface area contributed by atoms with Crippen LogP contribution in [0.15, 0.2) is 23.4 Å². The van der Waals surface area contributed by atoms with Crippen LogP contribution in [0, 0.1) is 11.8 Å². The normalized spacial score (nSPS) is 10.5. The second-order valence-electron chi connectivity index (χ2n) is 3.68. The van der Waals surface area contributed by atoms with E-state index in [1.807, 2.05) is 0 Å². The number of aromatic nitrogens is 1. The smallest absolute Gasteiger partial charge is 0.242 e. The maximum Gasteiger partial charge on any atom is 0.242 e. The van der Waals surface area contributed by atoms with Crippen LogP contribution in [0.1, 0.15) is 12.0 Å². The predicted octanol–water partition coefficient (Wildman–Crippen LogP) is -1.16. The Morgan fingerprint density at radius 1 is 1.45 bits per heavy atom. The molecule has 0 fully saturated rings. The van der Waals surface area contributed by atoms with E-state index in [2.05, 4.69) is 26.9 Å². The summed E-state index contributed by atoms with van der Waals surface area (Å²) < 4.78 is 26.0. The van der Waals surface area contributed by atoms with Crippen LogP contribution in [0.25, 0.3) is 0 Å². The van der Waals surface area contributed by atoms with E-state index < -0.39 is 15.9 Å². The van der Waals surface area contributed by atoms with Gasteiger partial charge >= 0.3 is 0 Å². The highest BCUT2D eigenvalue weighted by Crippen LogP contribution is 2.08. The molecule has 1 aromatic rings. The zero-order valence-corrected chi connectivity index (χ0v) is 11.7. The van der Waals surface area contributed by atoms with Crippen molar-refractivity contribution in [3.63, 3.8) is 0 Å². The Kier molecular flexibility index (Phi) is 6.11. The van der Waals surface area contributed by atoms with Gasteiger partial charge in [-0.1, -0.05) is 11.8 Å². The van der Waals surface area contributed by atoms with Gasteiger partial charge in [-0.2, -0.15) is 0 Å². The molecule has 0 atom stereocenters. The van der Waals surface area contributed by atoms with Gasteiger partial charge in [-0.15, -0.1) is 0 Å². The van der Waals surface area contributed by atoms with E-state index >= 15 is 0 Å². The lowest BCUT2D eigenvalue weighted by atomic mass is 10.3. The van der Waals surface area contributed by atoms with Gasteiger partial charge in [0.05, 0.1) is 13.2 Å². The Balaban J connectivity index is 2.88. The number of hydrogen-bond acceptors (Lipinski definition) is 5. The van der Waals surface area contributed by atoms with Crippen LogP contribution in [0.3, 0.4) is 0 Å². The number of nitrogens with zero attached hydrogens (tertiary/aromatic N) is 1. The number of nitrogens with one attached hydrogen (secondary N) is 2. The van der Waals surface area contributed by atoms with E-state index in [0.717, 1.165) is 0 Å². The Labute approximate surface area is 117 Å². The number of amides is 1. The highest BCUT2D eigenvalue weighted by atomic mass is 32.2. The molecule has 3 N–H and O–H groups in total. The lowest BCUT2D eigenvalue weighted by molar-refractivity contribution is -0.119. The minimum Gasteiger partial charge on any atom is -0.395 e. The molecule has 0 spiro atoms. The fraction of sp³-hybridized carbons (Fsp3) is 0.333. The first-order valence-electron chi connectivity index (χ1n) is 5.74. The largest absolute Gasteiger partial charge is 0.395 e. The third-order valence-corrected chi connectivity index (χ3v) is 3.56. The number of likely N-dealkylation sites (N-methyl/N-ethyl adjacent to an activating group) is 1. The lowest BCUT2D eigenvalue weighted by Gasteiger charge is -2.05. The maximum absolute atomic E-state index is 11.9. The summed E-state index contributed by atoms with van der Waals surface area (Å²) in [5, 5.41) is 10.9. The van der Waals surface area contributed by atoms with E-state index in [4.69, 9.17) is 5.11 Å². The molecule has 1 rings (SSSR count). The monoisotopic (exact) mass is 297 g/mol. The third kappa shape index (κ3) is 4.97. The molecular weight excluding hydrogens is 282 g/mol. The Morgan fingerprint density at radius 2 is 2.20 bits per heavy atom. The summed E-state index contributed by atoms with van der Waals surface area (Å²) >= 11 is 0. The van der Waals surface area contributed by atoms with Gasteiger partial charge in [-0.05, 0) is 6.07 Å². The minimum absolute atomic E-state index is 0.0634. The molecule has 20 heavy (non-hydrogen) atoms. The molecule has 0 aromatic carbocycles. The number of aliphatic hydroxyl groups excluding tert-OH is 1. The topological polar surface area (TPSA) is 108 Å². The van der Waals surface area contributed by atoms with Crippen molar-refractivity contribution in [1.29, 1.82) is 0 Å². The van der Waals surface area contributed by atoms with Gasteiger partial charge in [0, 0.05) is 31.4 Å². The number of hydrogen-bond donors (Lipinski definition) is 3. The van der Waals surface area contributed by atoms with E-state index in [0.29, 0.717) is 12.0 Å². The molecule has 0 radical (unpaired) electrons. The van der Waals surface area contributed by atoms with Gasteiger partial charge in [0.15, 0.2) is 0 Å². The van der Waals surface area contributed by atoms with Crippen molar-refractivity contribution in [2.24, 2.45) is 0 Å². The number of aliphatic hydroxyl groups is 1. The van der Waals surface area contributed by atoms with Gasteiger partial charge < -0.3 is 10.4 Å². The maximum atomic E-state index is 11.9. The van der Waals surface area contributed by atoms with E-state index in [1.165, 1.54) is 25.5 Å². The molecule has 1 amide bonds. The highest BCUT2D eigenvalue weighted by Gasteiger charge is 2.15. The first-order valence-corrected chi connectivity index (χ1v) is 7.23. The Morgan fingerprint density at radius 3 is 2.85 bits per heavy atom. The quantitative estimate of drug-likeness (QED) is 0.594. The second kappa shape index (κ2) is 7.59. The average molecular weight is 297 g/mol. The predicted molar refractivity (Wildman–Crippen MR) is 72.1 cm³/mol. The average Bonchev–Trinajstić information content (AvgIpc) is 2.45. The van der Waals surface area contributed by atoms with Crippen LogP contribution in [0.5, 0.6) is 0 Å². The molecule has 0 aliphatic carbocycles. The first-order chi connectivity index (χ1) is 9.49. The summed E-state index contributed by atoms with van der Waals surface area (Å²) in [5.74, 6) is 4.92. The van der Waals surface area contributed by atoms with Gasteiger partial charge in [0.25, 0.3) is 0 Å². The van der Waals surface area contributed by atoms with Crippen LogP contribution >= 0.6 is 0 Å². The zero-order chi connectivity index (χ0) is 15.0. The van der Waals surface area contributed by atoms with Crippen molar-refractivity contribution >= 4 is 15.9 Å². The van der Waals surface area contributed by atoms with Crippen molar-refractivity contribution in [2.75, 3.05) is 20.2 Å². The van der Waals surface area contributed by atoms with Crippen LogP contribution in [-0.2, 0) is 14.8 Å². The van der Waals surface area contributed by atoms with Crippen LogP contribution in [-0.4, -0.2) is 44.6 Å². The van der Waals surface area contributed by atoms with Crippen molar-refractivity contribution in [2.45, 2.75) is 11.3 Å². The molecule has 1 aromatic heterocycles. The van der Waals surface area contributed by atoms with Crippen molar-refractivity contribution in [3.8, 4) is 11.8 Å². The highest BCUT2D eigenvalue weighted by molar-refractivity contribution is 7.89. The molecule has 1 heterocycles. The third-order valence-electron chi connectivity index (χ3n) is 2.19. The molecular formula is C12H15N3O4S. The number of rotatable bonds is 5. The Bertz CT molecular complexity index is 632. The first kappa shape index (κ1) is 16.1. The van der Waals surface area contributed by atoms with E-state index in [-0.39, 0.29) is 18.0 Å². The molecule has 0 aliphatic heterocycles. The molecule has 0 aliphatic rings. The van der Waals surface area contributed by atoms with Gasteiger partial charge in [0.2, 0.25) is 15.9 Å². The number of carbonyl (C=O) groups is 1.